The number of carbonyl (C=O) groups is 1. The Hall–Kier alpha value is -1.95. The van der Waals surface area contributed by atoms with Crippen LogP contribution in [0.4, 0.5) is 0 Å². The van der Waals surface area contributed by atoms with Gasteiger partial charge in [-0.25, -0.2) is 0 Å². The van der Waals surface area contributed by atoms with Gasteiger partial charge in [-0.05, 0) is 55.8 Å². The first-order valence-corrected chi connectivity index (χ1v) is 10.9. The van der Waals surface area contributed by atoms with Gasteiger partial charge in [0.2, 0.25) is 5.91 Å². The van der Waals surface area contributed by atoms with Crippen molar-refractivity contribution in [3.8, 4) is 0 Å². The zero-order chi connectivity index (χ0) is 19.9. The fraction of sp³-hybridized carbons (Fsp3) is 0.435. The molecule has 0 saturated carbocycles. The van der Waals surface area contributed by atoms with Crippen LogP contribution in [-0.2, 0) is 11.3 Å². The normalized spacial score (nSPS) is 17.8. The second kappa shape index (κ2) is 10.0. The van der Waals surface area contributed by atoms with E-state index in [4.69, 9.17) is 0 Å². The van der Waals surface area contributed by atoms with Crippen LogP contribution < -0.4 is 0 Å². The van der Waals surface area contributed by atoms with E-state index in [0.717, 1.165) is 31.5 Å². The van der Waals surface area contributed by atoms with Gasteiger partial charge in [0.05, 0.1) is 18.7 Å². The highest BCUT2D eigenvalue weighted by Crippen LogP contribution is 2.31. The molecule has 1 aliphatic rings. The Morgan fingerprint density at radius 2 is 2.00 bits per heavy atom. The van der Waals surface area contributed by atoms with E-state index in [2.05, 4.69) is 17.5 Å². The van der Waals surface area contributed by atoms with Gasteiger partial charge < -0.3 is 10.0 Å². The standard InChI is InChI=1S/C23H30N2O2S/c1-3-13-25(17-21-10-7-16-28-21)23(27)18(2)24-14-11-20(12-15-24)22(26)19-8-5-4-6-9-19/h3-10,16,18,20,22,26H,1,11-15,17H2,2H3. The average molecular weight is 399 g/mol. The minimum absolute atomic E-state index is 0.148. The van der Waals surface area contributed by atoms with Crippen molar-refractivity contribution in [2.45, 2.75) is 38.5 Å². The maximum Gasteiger partial charge on any atom is 0.240 e. The van der Waals surface area contributed by atoms with E-state index in [1.807, 2.05) is 53.6 Å². The van der Waals surface area contributed by atoms with Gasteiger partial charge in [-0.3, -0.25) is 9.69 Å². The summed E-state index contributed by atoms with van der Waals surface area (Å²) in [6.07, 6.45) is 3.17. The molecule has 2 aromatic rings. The van der Waals surface area contributed by atoms with E-state index in [-0.39, 0.29) is 17.9 Å². The molecule has 1 N–H and O–H groups in total. The fourth-order valence-corrected chi connectivity index (χ4v) is 4.66. The first kappa shape index (κ1) is 20.8. The number of rotatable bonds is 8. The lowest BCUT2D eigenvalue weighted by Gasteiger charge is -2.38. The van der Waals surface area contributed by atoms with Crippen molar-refractivity contribution >= 4 is 17.2 Å². The molecular weight excluding hydrogens is 368 g/mol. The van der Waals surface area contributed by atoms with Crippen LogP contribution in [0.2, 0.25) is 0 Å². The predicted molar refractivity (Wildman–Crippen MR) is 115 cm³/mol. The number of carbonyl (C=O) groups excluding carboxylic acids is 1. The van der Waals surface area contributed by atoms with Crippen LogP contribution in [-0.4, -0.2) is 46.5 Å². The van der Waals surface area contributed by atoms with E-state index >= 15 is 0 Å². The summed E-state index contributed by atoms with van der Waals surface area (Å²) in [6, 6.07) is 13.8. The number of hydrogen-bond donors (Lipinski definition) is 1. The minimum atomic E-state index is -0.426. The van der Waals surface area contributed by atoms with E-state index in [9.17, 15) is 9.90 Å². The average Bonchev–Trinajstić information content (AvgIpc) is 3.26. The lowest BCUT2D eigenvalue weighted by atomic mass is 9.87. The monoisotopic (exact) mass is 398 g/mol. The maximum atomic E-state index is 13.1. The van der Waals surface area contributed by atoms with Crippen molar-refractivity contribution in [3.05, 3.63) is 70.9 Å². The number of nitrogens with zero attached hydrogens (tertiary/aromatic N) is 2. The molecule has 5 heteroatoms. The van der Waals surface area contributed by atoms with Gasteiger partial charge in [-0.1, -0.05) is 42.5 Å². The number of aliphatic hydroxyl groups excluding tert-OH is 1. The molecule has 0 bridgehead atoms. The van der Waals surface area contributed by atoms with Crippen LogP contribution in [0.15, 0.2) is 60.5 Å². The van der Waals surface area contributed by atoms with Crippen molar-refractivity contribution in [2.75, 3.05) is 19.6 Å². The van der Waals surface area contributed by atoms with Crippen molar-refractivity contribution in [1.29, 1.82) is 0 Å². The van der Waals surface area contributed by atoms with E-state index in [1.54, 1.807) is 17.4 Å². The molecule has 2 heterocycles. The van der Waals surface area contributed by atoms with Crippen molar-refractivity contribution in [2.24, 2.45) is 5.92 Å². The third-order valence-electron chi connectivity index (χ3n) is 5.65. The lowest BCUT2D eigenvalue weighted by Crippen LogP contribution is -2.49. The highest BCUT2D eigenvalue weighted by Gasteiger charge is 2.32. The number of likely N-dealkylation sites (tertiary alicyclic amines) is 1. The van der Waals surface area contributed by atoms with Gasteiger partial charge in [0, 0.05) is 11.4 Å². The second-order valence-corrected chi connectivity index (χ2v) is 8.52. The van der Waals surface area contributed by atoms with Crippen LogP contribution in [0.1, 0.15) is 36.3 Å². The molecule has 1 aliphatic heterocycles. The van der Waals surface area contributed by atoms with Crippen molar-refractivity contribution in [3.63, 3.8) is 0 Å². The molecule has 2 atom stereocenters. The number of hydrogen-bond acceptors (Lipinski definition) is 4. The minimum Gasteiger partial charge on any atom is -0.388 e. The first-order valence-electron chi connectivity index (χ1n) is 9.99. The van der Waals surface area contributed by atoms with Crippen LogP contribution in [0.5, 0.6) is 0 Å². The molecule has 2 unspecified atom stereocenters. The number of amides is 1. The zero-order valence-corrected chi connectivity index (χ0v) is 17.4. The summed E-state index contributed by atoms with van der Waals surface area (Å²) in [5.74, 6) is 0.395. The smallest absolute Gasteiger partial charge is 0.240 e. The van der Waals surface area contributed by atoms with E-state index in [0.29, 0.717) is 13.1 Å². The Kier molecular flexibility index (Phi) is 7.43. The molecule has 1 fully saturated rings. The molecule has 1 amide bonds. The topological polar surface area (TPSA) is 43.8 Å². The van der Waals surface area contributed by atoms with Gasteiger partial charge in [0.25, 0.3) is 0 Å². The largest absolute Gasteiger partial charge is 0.388 e. The summed E-state index contributed by atoms with van der Waals surface area (Å²) in [6.45, 7) is 8.68. The molecule has 1 aromatic heterocycles. The number of benzene rings is 1. The summed E-state index contributed by atoms with van der Waals surface area (Å²) in [7, 11) is 0. The van der Waals surface area contributed by atoms with E-state index < -0.39 is 6.10 Å². The van der Waals surface area contributed by atoms with Crippen LogP contribution >= 0.6 is 11.3 Å². The Balaban J connectivity index is 1.56. The molecule has 0 spiro atoms. The van der Waals surface area contributed by atoms with Gasteiger partial charge in [0.15, 0.2) is 0 Å². The first-order chi connectivity index (χ1) is 13.6. The quantitative estimate of drug-likeness (QED) is 0.681. The Morgan fingerprint density at radius 1 is 1.29 bits per heavy atom. The molecule has 3 rings (SSSR count). The molecule has 1 saturated heterocycles. The summed E-state index contributed by atoms with van der Waals surface area (Å²) in [4.78, 5) is 18.4. The second-order valence-electron chi connectivity index (χ2n) is 7.49. The highest BCUT2D eigenvalue weighted by atomic mass is 32.1. The van der Waals surface area contributed by atoms with Gasteiger partial charge >= 0.3 is 0 Å². The van der Waals surface area contributed by atoms with Crippen molar-refractivity contribution in [1.82, 2.24) is 9.80 Å². The number of aliphatic hydroxyl groups is 1. The molecule has 0 radical (unpaired) electrons. The summed E-state index contributed by atoms with van der Waals surface area (Å²) in [5.41, 5.74) is 0.984. The molecule has 4 nitrogen and oxygen atoms in total. The number of thiophene rings is 1. The summed E-state index contributed by atoms with van der Waals surface area (Å²) >= 11 is 1.67. The third-order valence-corrected chi connectivity index (χ3v) is 6.52. The predicted octanol–water partition coefficient (Wildman–Crippen LogP) is 4.10. The number of piperidine rings is 1. The summed E-state index contributed by atoms with van der Waals surface area (Å²) in [5, 5.41) is 12.7. The Labute approximate surface area is 172 Å². The van der Waals surface area contributed by atoms with Crippen molar-refractivity contribution < 1.29 is 9.90 Å². The zero-order valence-electron chi connectivity index (χ0n) is 16.5. The van der Waals surface area contributed by atoms with Crippen LogP contribution in [0.3, 0.4) is 0 Å². The van der Waals surface area contributed by atoms with Crippen LogP contribution in [0, 0.1) is 5.92 Å². The fourth-order valence-electron chi connectivity index (χ4n) is 3.94. The molecule has 0 aliphatic carbocycles. The highest BCUT2D eigenvalue weighted by molar-refractivity contribution is 7.09. The molecule has 1 aromatic carbocycles. The maximum absolute atomic E-state index is 13.1. The van der Waals surface area contributed by atoms with Gasteiger partial charge in [-0.15, -0.1) is 17.9 Å². The molecular formula is C23H30N2O2S. The third kappa shape index (κ3) is 5.10. The summed E-state index contributed by atoms with van der Waals surface area (Å²) < 4.78 is 0. The van der Waals surface area contributed by atoms with E-state index in [1.165, 1.54) is 4.88 Å². The SMILES string of the molecule is C=CCN(Cc1cccs1)C(=O)C(C)N1CCC(C(O)c2ccccc2)CC1. The lowest BCUT2D eigenvalue weighted by molar-refractivity contribution is -0.137. The molecule has 150 valence electrons. The molecule has 28 heavy (non-hydrogen) atoms. The van der Waals surface area contributed by atoms with Crippen LogP contribution in [0.25, 0.3) is 0 Å². The Bertz CT molecular complexity index is 739. The van der Waals surface area contributed by atoms with Gasteiger partial charge in [-0.2, -0.15) is 0 Å². The van der Waals surface area contributed by atoms with Gasteiger partial charge in [0.1, 0.15) is 0 Å². The Morgan fingerprint density at radius 3 is 2.61 bits per heavy atom.